The van der Waals surface area contributed by atoms with E-state index in [0.29, 0.717) is 11.8 Å². The standard InChI is InChI=1S/C20H17N3O2/c24-19-17-12-5-6-13(15-7-14(12)15)18(17)20(25)23(19)22-9-10-8-21-16-4-2-1-3-11(10)16/h1-6,8-9,12-15,17-18,21H,7H2/b22-9-/t12-,13+,14-,15-,17+,18-/m1/s1. The molecule has 2 saturated carbocycles. The number of aromatic amines is 1. The molecule has 1 N–H and O–H groups in total. The minimum absolute atomic E-state index is 0.115. The number of para-hydroxylation sites is 1. The number of rotatable bonds is 2. The van der Waals surface area contributed by atoms with E-state index in [1.165, 1.54) is 6.42 Å². The van der Waals surface area contributed by atoms with Gasteiger partial charge in [0.2, 0.25) is 0 Å². The van der Waals surface area contributed by atoms with Crippen molar-refractivity contribution >= 4 is 28.9 Å². The van der Waals surface area contributed by atoms with Gasteiger partial charge in [-0.15, -0.1) is 0 Å². The molecule has 5 aliphatic rings. The molecule has 2 amide bonds. The summed E-state index contributed by atoms with van der Waals surface area (Å²) >= 11 is 0. The highest BCUT2D eigenvalue weighted by Gasteiger charge is 2.67. The first-order valence-electron chi connectivity index (χ1n) is 8.90. The third kappa shape index (κ3) is 1.65. The second-order valence-corrected chi connectivity index (χ2v) is 7.68. The quantitative estimate of drug-likeness (QED) is 0.522. The van der Waals surface area contributed by atoms with E-state index in [0.717, 1.165) is 21.5 Å². The normalized spacial score (nSPS) is 38.0. The van der Waals surface area contributed by atoms with E-state index in [4.69, 9.17) is 0 Å². The summed E-state index contributed by atoms with van der Waals surface area (Å²) in [5, 5.41) is 6.47. The maximum Gasteiger partial charge on any atom is 0.254 e. The van der Waals surface area contributed by atoms with Crippen LogP contribution in [0.3, 0.4) is 0 Å². The zero-order chi connectivity index (χ0) is 16.7. The molecule has 2 heterocycles. The maximum atomic E-state index is 12.9. The third-order valence-corrected chi connectivity index (χ3v) is 6.57. The summed E-state index contributed by atoms with van der Waals surface area (Å²) in [6.45, 7) is 0. The van der Waals surface area contributed by atoms with Gasteiger partial charge in [0.05, 0.1) is 18.1 Å². The summed E-state index contributed by atoms with van der Waals surface area (Å²) in [6.07, 6.45) is 9.01. The number of nitrogens with one attached hydrogen (secondary N) is 1. The molecule has 4 aliphatic carbocycles. The Hall–Kier alpha value is -2.69. The summed E-state index contributed by atoms with van der Waals surface area (Å²) in [7, 11) is 0. The van der Waals surface area contributed by atoms with Gasteiger partial charge in [-0.05, 0) is 36.2 Å². The second kappa shape index (κ2) is 4.48. The molecule has 3 fully saturated rings. The molecule has 0 radical (unpaired) electrons. The van der Waals surface area contributed by atoms with Crippen molar-refractivity contribution in [2.75, 3.05) is 0 Å². The Balaban J connectivity index is 1.35. The van der Waals surface area contributed by atoms with Crippen LogP contribution >= 0.6 is 0 Å². The molecule has 25 heavy (non-hydrogen) atoms. The average Bonchev–Trinajstić information content (AvgIpc) is 3.31. The number of carbonyl (C=O) groups is 2. The molecule has 7 rings (SSSR count). The topological polar surface area (TPSA) is 65.5 Å². The Morgan fingerprint density at radius 1 is 1.04 bits per heavy atom. The number of hydrazone groups is 1. The Bertz CT molecular complexity index is 952. The van der Waals surface area contributed by atoms with Crippen LogP contribution < -0.4 is 0 Å². The number of amides is 2. The van der Waals surface area contributed by atoms with Crippen LogP contribution in [0.25, 0.3) is 10.9 Å². The Morgan fingerprint density at radius 2 is 1.72 bits per heavy atom. The van der Waals surface area contributed by atoms with Crippen molar-refractivity contribution in [1.82, 2.24) is 9.99 Å². The van der Waals surface area contributed by atoms with Crippen LogP contribution in [0.5, 0.6) is 0 Å². The van der Waals surface area contributed by atoms with Crippen molar-refractivity contribution in [1.29, 1.82) is 0 Å². The number of carbonyl (C=O) groups excluding carboxylic acids is 2. The Kier molecular flexibility index (Phi) is 2.43. The minimum atomic E-state index is -0.189. The molecule has 5 nitrogen and oxygen atoms in total. The fourth-order valence-electron chi connectivity index (χ4n) is 5.38. The van der Waals surface area contributed by atoms with Gasteiger partial charge >= 0.3 is 0 Å². The Labute approximate surface area is 144 Å². The molecule has 124 valence electrons. The molecule has 2 bridgehead atoms. The lowest BCUT2D eigenvalue weighted by atomic mass is 9.63. The fourth-order valence-corrected chi connectivity index (χ4v) is 5.38. The van der Waals surface area contributed by atoms with Gasteiger partial charge in [0, 0.05) is 22.7 Å². The number of imide groups is 1. The van der Waals surface area contributed by atoms with Crippen molar-refractivity contribution < 1.29 is 9.59 Å². The van der Waals surface area contributed by atoms with E-state index in [-0.39, 0.29) is 35.5 Å². The first-order valence-corrected chi connectivity index (χ1v) is 8.90. The molecular weight excluding hydrogens is 314 g/mol. The van der Waals surface area contributed by atoms with Crippen molar-refractivity contribution in [3.05, 3.63) is 48.2 Å². The van der Waals surface area contributed by atoms with Crippen LogP contribution in [0.4, 0.5) is 0 Å². The van der Waals surface area contributed by atoms with Crippen LogP contribution in [-0.4, -0.2) is 28.0 Å². The van der Waals surface area contributed by atoms with Crippen LogP contribution in [0.1, 0.15) is 12.0 Å². The van der Waals surface area contributed by atoms with Gasteiger partial charge in [-0.2, -0.15) is 10.1 Å². The molecule has 2 aromatic rings. The van der Waals surface area contributed by atoms with Crippen LogP contribution in [0, 0.1) is 35.5 Å². The lowest BCUT2D eigenvalue weighted by Crippen LogP contribution is -2.40. The predicted octanol–water partition coefficient (Wildman–Crippen LogP) is 2.55. The van der Waals surface area contributed by atoms with Gasteiger partial charge in [0.25, 0.3) is 11.8 Å². The van der Waals surface area contributed by atoms with Crippen molar-refractivity contribution in [2.24, 2.45) is 40.6 Å². The highest BCUT2D eigenvalue weighted by atomic mass is 16.2. The highest BCUT2D eigenvalue weighted by Crippen LogP contribution is 2.65. The largest absolute Gasteiger partial charge is 0.361 e. The van der Waals surface area contributed by atoms with E-state index >= 15 is 0 Å². The number of H-pyrrole nitrogens is 1. The lowest BCUT2D eigenvalue weighted by molar-refractivity contribution is -0.140. The number of nitrogens with zero attached hydrogens (tertiary/aromatic N) is 2. The monoisotopic (exact) mass is 331 g/mol. The smallest absolute Gasteiger partial charge is 0.254 e. The number of benzene rings is 1. The van der Waals surface area contributed by atoms with Gasteiger partial charge in [-0.1, -0.05) is 30.4 Å². The molecular formula is C20H17N3O2. The molecule has 1 aliphatic heterocycles. The SMILES string of the molecule is O=C1[C@@H]2[C@H]3C=C[C@H]([C@H]4C[C@H]34)[C@@H]2C(=O)N1/N=C\c1c[nH]c2ccccc12. The Morgan fingerprint density at radius 3 is 2.44 bits per heavy atom. The summed E-state index contributed by atoms with van der Waals surface area (Å²) < 4.78 is 0. The zero-order valence-corrected chi connectivity index (χ0v) is 13.5. The first kappa shape index (κ1) is 13.6. The molecule has 1 aromatic heterocycles. The van der Waals surface area contributed by atoms with E-state index in [1.54, 1.807) is 6.21 Å². The highest BCUT2D eigenvalue weighted by molar-refractivity contribution is 6.07. The van der Waals surface area contributed by atoms with Crippen LogP contribution in [0.2, 0.25) is 0 Å². The van der Waals surface area contributed by atoms with E-state index in [2.05, 4.69) is 22.2 Å². The zero-order valence-electron chi connectivity index (χ0n) is 13.5. The van der Waals surface area contributed by atoms with E-state index < -0.39 is 0 Å². The summed E-state index contributed by atoms with van der Waals surface area (Å²) in [6, 6.07) is 7.91. The number of fused-ring (bicyclic) bond motifs is 1. The second-order valence-electron chi connectivity index (χ2n) is 7.68. The molecule has 0 unspecified atom stereocenters. The molecule has 1 saturated heterocycles. The third-order valence-electron chi connectivity index (χ3n) is 6.57. The molecule has 1 aromatic carbocycles. The van der Waals surface area contributed by atoms with Gasteiger partial charge in [-0.3, -0.25) is 9.59 Å². The number of hydrogen-bond donors (Lipinski definition) is 1. The lowest BCUT2D eigenvalue weighted by Gasteiger charge is -2.37. The maximum absolute atomic E-state index is 12.9. The molecule has 0 spiro atoms. The fraction of sp³-hybridized carbons (Fsp3) is 0.350. The molecule has 5 heteroatoms. The summed E-state index contributed by atoms with van der Waals surface area (Å²) in [5.41, 5.74) is 1.90. The minimum Gasteiger partial charge on any atom is -0.361 e. The van der Waals surface area contributed by atoms with E-state index in [1.807, 2.05) is 30.5 Å². The number of allylic oxidation sites excluding steroid dienone is 2. The molecule has 6 atom stereocenters. The summed E-state index contributed by atoms with van der Waals surface area (Å²) in [5.74, 6) is 1.11. The van der Waals surface area contributed by atoms with Crippen LogP contribution in [-0.2, 0) is 9.59 Å². The first-order chi connectivity index (χ1) is 12.2. The van der Waals surface area contributed by atoms with Gasteiger partial charge in [0.15, 0.2) is 0 Å². The van der Waals surface area contributed by atoms with E-state index in [9.17, 15) is 9.59 Å². The van der Waals surface area contributed by atoms with Gasteiger partial charge in [-0.25, -0.2) is 0 Å². The van der Waals surface area contributed by atoms with Crippen LogP contribution in [0.15, 0.2) is 47.7 Å². The van der Waals surface area contributed by atoms with Crippen molar-refractivity contribution in [3.8, 4) is 0 Å². The summed E-state index contributed by atoms with van der Waals surface area (Å²) in [4.78, 5) is 28.9. The van der Waals surface area contributed by atoms with Gasteiger partial charge < -0.3 is 4.98 Å². The van der Waals surface area contributed by atoms with Gasteiger partial charge in [0.1, 0.15) is 0 Å². The van der Waals surface area contributed by atoms with Crippen molar-refractivity contribution in [3.63, 3.8) is 0 Å². The predicted molar refractivity (Wildman–Crippen MR) is 92.4 cm³/mol. The number of hydrogen-bond acceptors (Lipinski definition) is 3. The average molecular weight is 331 g/mol. The van der Waals surface area contributed by atoms with Crippen molar-refractivity contribution in [2.45, 2.75) is 6.42 Å². The number of aromatic nitrogens is 1.